The number of rotatable bonds is 6. The van der Waals surface area contributed by atoms with Gasteiger partial charge in [-0.1, -0.05) is 52.7 Å². The molecule has 206 valence electrons. The Balaban J connectivity index is 1.36. The number of hydrogen-bond donors (Lipinski definition) is 1. The lowest BCUT2D eigenvalue weighted by Crippen LogP contribution is -2.49. The summed E-state index contributed by atoms with van der Waals surface area (Å²) in [5.41, 5.74) is 4.03. The van der Waals surface area contributed by atoms with Gasteiger partial charge in [0.2, 0.25) is 5.91 Å². The summed E-state index contributed by atoms with van der Waals surface area (Å²) in [6, 6.07) is 19.5. The number of aromatic amines is 1. The van der Waals surface area contributed by atoms with Gasteiger partial charge < -0.3 is 4.74 Å². The van der Waals surface area contributed by atoms with Crippen molar-refractivity contribution in [1.82, 2.24) is 15.0 Å². The van der Waals surface area contributed by atoms with Crippen LogP contribution in [0.3, 0.4) is 0 Å². The van der Waals surface area contributed by atoms with Gasteiger partial charge in [0.1, 0.15) is 23.1 Å². The third-order valence-electron chi connectivity index (χ3n) is 8.11. The number of aryl methyl sites for hydroxylation is 2. The van der Waals surface area contributed by atoms with E-state index >= 15 is 0 Å². The zero-order valence-corrected chi connectivity index (χ0v) is 24.0. The number of nitrogens with zero attached hydrogens (tertiary/aromatic N) is 4. The molecule has 0 unspecified atom stereocenters. The number of aromatic nitrogens is 4. The zero-order chi connectivity index (χ0) is 28.2. The number of ether oxygens (including phenoxy) is 1. The van der Waals surface area contributed by atoms with Crippen LogP contribution in [0.2, 0.25) is 5.02 Å². The van der Waals surface area contributed by atoms with Crippen molar-refractivity contribution in [3.05, 3.63) is 98.4 Å². The van der Waals surface area contributed by atoms with Gasteiger partial charge in [0.25, 0.3) is 0 Å². The molecule has 1 aromatic heterocycles. The predicted molar refractivity (Wildman–Crippen MR) is 153 cm³/mol. The summed E-state index contributed by atoms with van der Waals surface area (Å²) in [6.07, 6.45) is 2.67. The number of hydrogen-bond acceptors (Lipinski definition) is 4. The van der Waals surface area contributed by atoms with E-state index in [0.717, 1.165) is 58.6 Å². The number of fused-ring (bicyclic) bond motifs is 2. The molecule has 3 aromatic carbocycles. The minimum absolute atomic E-state index is 0.0404. The van der Waals surface area contributed by atoms with Crippen LogP contribution in [0.15, 0.2) is 65.5 Å². The number of nitrogens with one attached hydrogen (secondary N) is 1. The Bertz CT molecular complexity index is 1670. The van der Waals surface area contributed by atoms with Crippen molar-refractivity contribution >= 4 is 28.9 Å². The molecule has 0 fully saturated rings. The minimum Gasteiger partial charge on any atom is -0.488 e. The molecule has 0 aliphatic carbocycles. The standard InChI is InChI=1S/C31H32ClN5O3/c1-5-16-36-34-33-29(39)35(36)19-20-6-10-24(11-7-20)37-26-12-9-23(32)18-25(26)31(4,28(37)38)22-8-13-27-21(17-22)14-15-30(2,3)40-27/h6-13,17-18H,5,14-16,19H2,1-4H3/p+1/t31-/m0/s1. The number of benzene rings is 3. The van der Waals surface area contributed by atoms with Crippen molar-refractivity contribution in [2.45, 2.75) is 71.1 Å². The van der Waals surface area contributed by atoms with Gasteiger partial charge in [-0.25, -0.2) is 4.79 Å². The first-order chi connectivity index (χ1) is 19.1. The van der Waals surface area contributed by atoms with Gasteiger partial charge in [-0.15, -0.1) is 4.68 Å². The first-order valence-corrected chi connectivity index (χ1v) is 14.1. The molecule has 1 N–H and O–H groups in total. The van der Waals surface area contributed by atoms with Crippen LogP contribution in [0, 0.1) is 0 Å². The molecule has 6 rings (SSSR count). The second-order valence-corrected chi connectivity index (χ2v) is 11.9. The van der Waals surface area contributed by atoms with Crippen molar-refractivity contribution in [2.75, 3.05) is 4.90 Å². The Hall–Kier alpha value is -3.91. The molecule has 0 spiro atoms. The number of halogens is 1. The van der Waals surface area contributed by atoms with E-state index < -0.39 is 5.41 Å². The van der Waals surface area contributed by atoms with Crippen molar-refractivity contribution < 1.29 is 14.3 Å². The highest BCUT2D eigenvalue weighted by Crippen LogP contribution is 2.50. The highest BCUT2D eigenvalue weighted by atomic mass is 35.5. The number of H-pyrrole nitrogens is 1. The molecule has 9 heteroatoms. The van der Waals surface area contributed by atoms with Crippen molar-refractivity contribution in [1.29, 1.82) is 0 Å². The quantitative estimate of drug-likeness (QED) is 0.335. The number of tetrazole rings is 1. The van der Waals surface area contributed by atoms with E-state index in [1.807, 2.05) is 68.4 Å². The maximum absolute atomic E-state index is 14.4. The summed E-state index contributed by atoms with van der Waals surface area (Å²) in [5.74, 6) is 0.839. The Morgan fingerprint density at radius 2 is 1.82 bits per heavy atom. The number of amides is 1. The van der Waals surface area contributed by atoms with Gasteiger partial charge in [-0.05, 0) is 98.7 Å². The molecule has 2 aliphatic rings. The van der Waals surface area contributed by atoms with Crippen LogP contribution in [0.5, 0.6) is 5.75 Å². The van der Waals surface area contributed by atoms with Crippen molar-refractivity contribution in [3.8, 4) is 5.75 Å². The van der Waals surface area contributed by atoms with E-state index in [9.17, 15) is 9.59 Å². The molecule has 3 heterocycles. The van der Waals surface area contributed by atoms with Crippen LogP contribution in [0.4, 0.5) is 11.4 Å². The molecule has 0 bridgehead atoms. The summed E-state index contributed by atoms with van der Waals surface area (Å²) in [5, 5.41) is 7.18. The Morgan fingerprint density at radius 1 is 1.05 bits per heavy atom. The van der Waals surface area contributed by atoms with Gasteiger partial charge in [0, 0.05) is 10.7 Å². The molecule has 0 saturated carbocycles. The molecule has 4 aromatic rings. The Labute approximate surface area is 238 Å². The van der Waals surface area contributed by atoms with Crippen LogP contribution in [0.1, 0.15) is 62.8 Å². The molecule has 2 aliphatic heterocycles. The Kier molecular flexibility index (Phi) is 6.33. The van der Waals surface area contributed by atoms with Crippen LogP contribution in [-0.4, -0.2) is 26.5 Å². The average Bonchev–Trinajstić information content (AvgIpc) is 3.38. The molecule has 1 amide bonds. The topological polar surface area (TPSA) is 84.1 Å². The summed E-state index contributed by atoms with van der Waals surface area (Å²) in [6.45, 7) is 9.24. The fourth-order valence-electron chi connectivity index (χ4n) is 5.82. The second-order valence-electron chi connectivity index (χ2n) is 11.4. The number of carbonyl (C=O) groups excluding carboxylic acids is 1. The molecule has 0 radical (unpaired) electrons. The number of anilines is 2. The first kappa shape index (κ1) is 26.3. The fourth-order valence-corrected chi connectivity index (χ4v) is 5.99. The third kappa shape index (κ3) is 4.31. The Morgan fingerprint density at radius 3 is 2.58 bits per heavy atom. The molecule has 0 saturated heterocycles. The fraction of sp³-hybridized carbons (Fsp3) is 0.355. The smallest absolute Gasteiger partial charge is 0.466 e. The summed E-state index contributed by atoms with van der Waals surface area (Å²) < 4.78 is 7.79. The van der Waals surface area contributed by atoms with Gasteiger partial charge >= 0.3 is 5.69 Å². The lowest BCUT2D eigenvalue weighted by Gasteiger charge is -2.34. The SMILES string of the molecule is CCC[n+]1n[nH]c(=O)n1Cc1ccc(N2C(=O)[C@@](C)(c3ccc4c(c3)CCC(C)(C)O4)c3cc(Cl)ccc32)cc1. The monoisotopic (exact) mass is 558 g/mol. The molecular weight excluding hydrogens is 526 g/mol. The van der Waals surface area contributed by atoms with Crippen LogP contribution in [0.25, 0.3) is 0 Å². The van der Waals surface area contributed by atoms with E-state index in [-0.39, 0.29) is 17.2 Å². The first-order valence-electron chi connectivity index (χ1n) is 13.7. The van der Waals surface area contributed by atoms with Gasteiger partial charge in [-0.3, -0.25) is 9.69 Å². The van der Waals surface area contributed by atoms with Gasteiger partial charge in [-0.2, -0.15) is 0 Å². The van der Waals surface area contributed by atoms with Crippen LogP contribution < -0.4 is 20.1 Å². The van der Waals surface area contributed by atoms with E-state index in [2.05, 4.69) is 30.2 Å². The average molecular weight is 559 g/mol. The summed E-state index contributed by atoms with van der Waals surface area (Å²) >= 11 is 6.48. The van der Waals surface area contributed by atoms with E-state index in [1.54, 1.807) is 14.4 Å². The maximum atomic E-state index is 14.4. The zero-order valence-electron chi connectivity index (χ0n) is 23.2. The van der Waals surface area contributed by atoms with Gasteiger partial charge in [0.05, 0.1) is 17.6 Å². The van der Waals surface area contributed by atoms with Crippen molar-refractivity contribution in [3.63, 3.8) is 0 Å². The molecule has 8 nitrogen and oxygen atoms in total. The molecule has 1 atom stereocenters. The lowest BCUT2D eigenvalue weighted by atomic mass is 9.76. The predicted octanol–water partition coefficient (Wildman–Crippen LogP) is 5.06. The van der Waals surface area contributed by atoms with Gasteiger partial charge in [0.15, 0.2) is 0 Å². The molecular formula is C31H33ClN5O3+. The normalized spacial score (nSPS) is 19.3. The lowest BCUT2D eigenvalue weighted by molar-refractivity contribution is -0.828. The van der Waals surface area contributed by atoms with Crippen LogP contribution >= 0.6 is 11.6 Å². The van der Waals surface area contributed by atoms with E-state index in [4.69, 9.17) is 16.3 Å². The number of carbonyl (C=O) groups is 1. The third-order valence-corrected chi connectivity index (χ3v) is 8.35. The highest BCUT2D eigenvalue weighted by molar-refractivity contribution is 6.31. The maximum Gasteiger partial charge on any atom is 0.466 e. The van der Waals surface area contributed by atoms with Crippen LogP contribution in [-0.2, 0) is 29.7 Å². The molecule has 40 heavy (non-hydrogen) atoms. The highest BCUT2D eigenvalue weighted by Gasteiger charge is 2.49. The summed E-state index contributed by atoms with van der Waals surface area (Å²) in [4.78, 5) is 30.1. The second kappa shape index (κ2) is 9.63. The van der Waals surface area contributed by atoms with E-state index in [0.29, 0.717) is 18.1 Å². The minimum atomic E-state index is -0.920. The van der Waals surface area contributed by atoms with Crippen molar-refractivity contribution in [2.24, 2.45) is 0 Å². The van der Waals surface area contributed by atoms with E-state index in [1.165, 1.54) is 0 Å². The summed E-state index contributed by atoms with van der Waals surface area (Å²) in [7, 11) is 0. The largest absolute Gasteiger partial charge is 0.488 e.